The third-order valence-electron chi connectivity index (χ3n) is 3.36. The number of nitrogens with one attached hydrogen (secondary N) is 1. The largest absolute Gasteiger partial charge is 0.415 e. The van der Waals surface area contributed by atoms with Crippen LogP contribution in [0.2, 0.25) is 0 Å². The number of aliphatic hydroxyl groups excluding tert-OH is 1. The van der Waals surface area contributed by atoms with Crippen LogP contribution in [-0.2, 0) is 4.79 Å². The van der Waals surface area contributed by atoms with Crippen molar-refractivity contribution in [3.05, 3.63) is 0 Å². The third kappa shape index (κ3) is 3.14. The van der Waals surface area contributed by atoms with Crippen molar-refractivity contribution in [1.82, 2.24) is 10.2 Å². The Balaban J connectivity index is 2.81. The molecule has 18 heavy (non-hydrogen) atoms. The standard InChI is InChI=1S/C11H19F3N2O2/c1-3-4-10(2)9(18)15-5-6-16(10)7-8(17)11(12,13)14/h8,17H,3-7H2,1-2H3,(H,15,18)/t8-,10-/m1/s1. The summed E-state index contributed by atoms with van der Waals surface area (Å²) in [5.41, 5.74) is -0.973. The lowest BCUT2D eigenvalue weighted by Gasteiger charge is -2.44. The van der Waals surface area contributed by atoms with Gasteiger partial charge >= 0.3 is 6.18 Å². The van der Waals surface area contributed by atoms with E-state index in [0.29, 0.717) is 25.9 Å². The van der Waals surface area contributed by atoms with Gasteiger partial charge in [-0.05, 0) is 13.3 Å². The van der Waals surface area contributed by atoms with Gasteiger partial charge in [-0.2, -0.15) is 13.2 Å². The molecular formula is C11H19F3N2O2. The topological polar surface area (TPSA) is 52.6 Å². The molecule has 1 aliphatic rings. The lowest BCUT2D eigenvalue weighted by Crippen LogP contribution is -2.65. The molecule has 0 unspecified atom stereocenters. The number of piperazine rings is 1. The second kappa shape index (κ2) is 5.44. The molecule has 1 rings (SSSR count). The van der Waals surface area contributed by atoms with E-state index >= 15 is 0 Å². The zero-order chi connectivity index (χ0) is 14.0. The summed E-state index contributed by atoms with van der Waals surface area (Å²) in [7, 11) is 0. The summed E-state index contributed by atoms with van der Waals surface area (Å²) in [6.07, 6.45) is -5.92. The van der Waals surface area contributed by atoms with Crippen LogP contribution >= 0.6 is 0 Å². The van der Waals surface area contributed by atoms with Gasteiger partial charge in [-0.3, -0.25) is 9.69 Å². The molecule has 4 nitrogen and oxygen atoms in total. The summed E-state index contributed by atoms with van der Waals surface area (Å²) in [5.74, 6) is -0.273. The van der Waals surface area contributed by atoms with Crippen LogP contribution in [0.3, 0.4) is 0 Å². The predicted octanol–water partition coefficient (Wildman–Crippen LogP) is 0.900. The summed E-state index contributed by atoms with van der Waals surface area (Å²) in [6.45, 7) is 3.55. The van der Waals surface area contributed by atoms with Crippen LogP contribution in [0, 0.1) is 0 Å². The molecule has 0 radical (unpaired) electrons. The van der Waals surface area contributed by atoms with Crippen LogP contribution in [0.15, 0.2) is 0 Å². The lowest BCUT2D eigenvalue weighted by molar-refractivity contribution is -0.212. The SMILES string of the molecule is CCC[C@]1(C)C(=O)NCCN1C[C@@H](O)C(F)(F)F. The average molecular weight is 268 g/mol. The molecule has 0 saturated carbocycles. The molecule has 1 amide bonds. The summed E-state index contributed by atoms with van der Waals surface area (Å²) < 4.78 is 37.1. The van der Waals surface area contributed by atoms with Gasteiger partial charge in [0.05, 0.1) is 5.54 Å². The molecule has 1 saturated heterocycles. The van der Waals surface area contributed by atoms with E-state index in [0.717, 1.165) is 0 Å². The number of amides is 1. The quantitative estimate of drug-likeness (QED) is 0.796. The van der Waals surface area contributed by atoms with E-state index in [1.54, 1.807) is 6.92 Å². The Labute approximate surface area is 104 Å². The fourth-order valence-electron chi connectivity index (χ4n) is 2.25. The third-order valence-corrected chi connectivity index (χ3v) is 3.36. The number of hydrogen-bond acceptors (Lipinski definition) is 3. The first-order chi connectivity index (χ1) is 8.21. The van der Waals surface area contributed by atoms with E-state index in [4.69, 9.17) is 5.11 Å². The normalized spacial score (nSPS) is 28.0. The molecule has 0 bridgehead atoms. The highest BCUT2D eigenvalue weighted by molar-refractivity contribution is 5.86. The van der Waals surface area contributed by atoms with Crippen LogP contribution in [0.4, 0.5) is 13.2 Å². The monoisotopic (exact) mass is 268 g/mol. The summed E-state index contributed by atoms with van der Waals surface area (Å²) in [5, 5.41) is 11.8. The fourth-order valence-corrected chi connectivity index (χ4v) is 2.25. The molecule has 0 aromatic rings. The van der Waals surface area contributed by atoms with Gasteiger partial charge in [-0.15, -0.1) is 0 Å². The van der Waals surface area contributed by atoms with Crippen molar-refractivity contribution >= 4 is 5.91 Å². The van der Waals surface area contributed by atoms with Crippen molar-refractivity contribution in [1.29, 1.82) is 0 Å². The van der Waals surface area contributed by atoms with E-state index in [9.17, 15) is 18.0 Å². The number of nitrogens with zero attached hydrogens (tertiary/aromatic N) is 1. The molecule has 1 fully saturated rings. The Bertz CT molecular complexity index is 309. The van der Waals surface area contributed by atoms with Gasteiger partial charge in [0.15, 0.2) is 6.10 Å². The molecular weight excluding hydrogens is 249 g/mol. The zero-order valence-electron chi connectivity index (χ0n) is 10.5. The van der Waals surface area contributed by atoms with Crippen molar-refractivity contribution in [3.63, 3.8) is 0 Å². The highest BCUT2D eigenvalue weighted by Gasteiger charge is 2.46. The van der Waals surface area contributed by atoms with Gasteiger partial charge < -0.3 is 10.4 Å². The Kier molecular flexibility index (Phi) is 4.61. The van der Waals surface area contributed by atoms with Crippen LogP contribution in [-0.4, -0.2) is 53.4 Å². The van der Waals surface area contributed by atoms with E-state index in [1.807, 2.05) is 6.92 Å². The molecule has 106 valence electrons. The maximum Gasteiger partial charge on any atom is 0.415 e. The molecule has 0 aliphatic carbocycles. The van der Waals surface area contributed by atoms with Crippen molar-refractivity contribution in [2.24, 2.45) is 0 Å². The second-order valence-corrected chi connectivity index (χ2v) is 4.78. The molecule has 2 N–H and O–H groups in total. The molecule has 0 aromatic heterocycles. The minimum absolute atomic E-state index is 0.273. The summed E-state index contributed by atoms with van der Waals surface area (Å²) in [4.78, 5) is 13.3. The first kappa shape index (κ1) is 15.2. The highest BCUT2D eigenvalue weighted by Crippen LogP contribution is 2.27. The smallest absolute Gasteiger partial charge is 0.382 e. The number of alkyl halides is 3. The summed E-state index contributed by atoms with van der Waals surface area (Å²) in [6, 6.07) is 0. The molecule has 0 aromatic carbocycles. The van der Waals surface area contributed by atoms with Crippen LogP contribution in [0.1, 0.15) is 26.7 Å². The second-order valence-electron chi connectivity index (χ2n) is 4.78. The van der Waals surface area contributed by atoms with Crippen LogP contribution in [0.5, 0.6) is 0 Å². The van der Waals surface area contributed by atoms with Crippen molar-refractivity contribution in [2.45, 2.75) is 44.5 Å². The van der Waals surface area contributed by atoms with Crippen molar-refractivity contribution in [3.8, 4) is 0 Å². The van der Waals surface area contributed by atoms with Gasteiger partial charge in [0.2, 0.25) is 5.91 Å². The zero-order valence-corrected chi connectivity index (χ0v) is 10.5. The van der Waals surface area contributed by atoms with Gasteiger partial charge in [0.1, 0.15) is 0 Å². The molecule has 1 heterocycles. The van der Waals surface area contributed by atoms with E-state index < -0.39 is 24.4 Å². The maximum absolute atomic E-state index is 12.4. The first-order valence-corrected chi connectivity index (χ1v) is 6.00. The van der Waals surface area contributed by atoms with Crippen molar-refractivity contribution < 1.29 is 23.1 Å². The lowest BCUT2D eigenvalue weighted by atomic mass is 9.90. The number of rotatable bonds is 4. The Hall–Kier alpha value is -0.820. The molecule has 0 spiro atoms. The number of β-amino-alcohol motifs (C(OH)–C–C–N with tert-alkyl or cyclic N) is 1. The number of aliphatic hydroxyl groups is 1. The van der Waals surface area contributed by atoms with Gasteiger partial charge in [-0.1, -0.05) is 13.3 Å². The summed E-state index contributed by atoms with van der Waals surface area (Å²) >= 11 is 0. The minimum atomic E-state index is -4.65. The predicted molar refractivity (Wildman–Crippen MR) is 60.0 cm³/mol. The Morgan fingerprint density at radius 2 is 2.17 bits per heavy atom. The maximum atomic E-state index is 12.4. The van der Waals surface area contributed by atoms with E-state index in [1.165, 1.54) is 4.90 Å². The van der Waals surface area contributed by atoms with Crippen LogP contribution < -0.4 is 5.32 Å². The first-order valence-electron chi connectivity index (χ1n) is 6.00. The number of hydrogen-bond donors (Lipinski definition) is 2. The minimum Gasteiger partial charge on any atom is -0.382 e. The van der Waals surface area contributed by atoms with Crippen molar-refractivity contribution in [2.75, 3.05) is 19.6 Å². The molecule has 2 atom stereocenters. The highest BCUT2D eigenvalue weighted by atomic mass is 19.4. The average Bonchev–Trinajstić information content (AvgIpc) is 2.24. The van der Waals surface area contributed by atoms with Crippen LogP contribution in [0.25, 0.3) is 0 Å². The van der Waals surface area contributed by atoms with Gasteiger partial charge in [-0.25, -0.2) is 0 Å². The Morgan fingerprint density at radius 1 is 1.56 bits per heavy atom. The van der Waals surface area contributed by atoms with Gasteiger partial charge in [0, 0.05) is 19.6 Å². The molecule has 1 aliphatic heterocycles. The fraction of sp³-hybridized carbons (Fsp3) is 0.909. The number of halogens is 3. The van der Waals surface area contributed by atoms with E-state index in [-0.39, 0.29) is 5.91 Å². The number of carbonyl (C=O) groups is 1. The van der Waals surface area contributed by atoms with Gasteiger partial charge in [0.25, 0.3) is 0 Å². The number of carbonyl (C=O) groups excluding carboxylic acids is 1. The Morgan fingerprint density at radius 3 is 2.67 bits per heavy atom. The van der Waals surface area contributed by atoms with E-state index in [2.05, 4.69) is 5.32 Å². The molecule has 7 heteroatoms.